The van der Waals surface area contributed by atoms with Gasteiger partial charge in [-0.05, 0) is 99.6 Å². The Hall–Kier alpha value is -6.90. The minimum atomic E-state index is 0.835. The molecule has 246 valence electrons. The van der Waals surface area contributed by atoms with Crippen LogP contribution in [-0.4, -0.2) is 0 Å². The van der Waals surface area contributed by atoms with E-state index in [1.165, 1.54) is 27.8 Å². The van der Waals surface area contributed by atoms with E-state index in [1.807, 2.05) is 12.1 Å². The fourth-order valence-electron chi connectivity index (χ4n) is 7.12. The molecular formula is C50H35NO. The van der Waals surface area contributed by atoms with Gasteiger partial charge in [-0.15, -0.1) is 0 Å². The van der Waals surface area contributed by atoms with Crippen LogP contribution >= 0.6 is 0 Å². The molecule has 0 N–H and O–H groups in total. The molecule has 0 aliphatic carbocycles. The van der Waals surface area contributed by atoms with E-state index in [4.69, 9.17) is 4.42 Å². The Labute approximate surface area is 304 Å². The van der Waals surface area contributed by atoms with Gasteiger partial charge in [0.1, 0.15) is 11.3 Å². The highest BCUT2D eigenvalue weighted by Gasteiger charge is 2.22. The maximum absolute atomic E-state index is 6.48. The molecule has 1 heterocycles. The van der Waals surface area contributed by atoms with Crippen molar-refractivity contribution >= 4 is 28.0 Å². The van der Waals surface area contributed by atoms with E-state index >= 15 is 0 Å². The maximum atomic E-state index is 6.48. The number of fused-ring (bicyclic) bond motifs is 1. The fraction of sp³-hybridized carbons (Fsp3) is 0. The van der Waals surface area contributed by atoms with Crippen LogP contribution < -0.4 is 4.90 Å². The number of benzene rings is 8. The summed E-state index contributed by atoms with van der Waals surface area (Å²) in [6, 6.07) is 75.2. The quantitative estimate of drug-likeness (QED) is 0.161. The number of furan rings is 1. The monoisotopic (exact) mass is 665 g/mol. The van der Waals surface area contributed by atoms with E-state index in [1.54, 1.807) is 0 Å². The van der Waals surface area contributed by atoms with Crippen LogP contribution in [0.25, 0.3) is 66.8 Å². The van der Waals surface area contributed by atoms with Crippen molar-refractivity contribution in [2.24, 2.45) is 0 Å². The molecule has 0 radical (unpaired) electrons. The molecule has 0 fully saturated rings. The molecule has 8 aromatic carbocycles. The minimum absolute atomic E-state index is 0.835. The third kappa shape index (κ3) is 6.08. The predicted molar refractivity (Wildman–Crippen MR) is 218 cm³/mol. The van der Waals surface area contributed by atoms with Crippen molar-refractivity contribution in [3.8, 4) is 55.8 Å². The van der Waals surface area contributed by atoms with Crippen LogP contribution in [-0.2, 0) is 0 Å². The average Bonchev–Trinajstić information content (AvgIpc) is 3.67. The molecule has 0 amide bonds. The molecule has 9 rings (SSSR count). The van der Waals surface area contributed by atoms with Crippen molar-refractivity contribution in [2.75, 3.05) is 4.90 Å². The lowest BCUT2D eigenvalue weighted by molar-refractivity contribution is 0.631. The molecule has 0 saturated carbocycles. The summed E-state index contributed by atoms with van der Waals surface area (Å²) < 4.78 is 6.48. The van der Waals surface area contributed by atoms with E-state index < -0.39 is 0 Å². The van der Waals surface area contributed by atoms with Gasteiger partial charge in [-0.3, -0.25) is 0 Å². The van der Waals surface area contributed by atoms with Crippen molar-refractivity contribution in [1.29, 1.82) is 0 Å². The molecular weight excluding hydrogens is 631 g/mol. The summed E-state index contributed by atoms with van der Waals surface area (Å²) in [5, 5.41) is 1.08. The molecule has 0 spiro atoms. The predicted octanol–water partition coefficient (Wildman–Crippen LogP) is 14.2. The van der Waals surface area contributed by atoms with Gasteiger partial charge in [0, 0.05) is 22.2 Å². The van der Waals surface area contributed by atoms with Crippen molar-refractivity contribution in [1.82, 2.24) is 0 Å². The lowest BCUT2D eigenvalue weighted by atomic mass is 9.93. The number of hydrogen-bond donors (Lipinski definition) is 0. The summed E-state index contributed by atoms with van der Waals surface area (Å²) in [7, 11) is 0. The SMILES string of the molecule is c1ccc(-c2cc(-c3ccccc3)cc(-c3ccc(N(c4ccccc4-c4ccccc4)c4ccccc4-c4cc5ccccc5o4)cc3)c2)cc1. The standard InChI is InChI=1S/C50H35NO/c1-4-16-36(17-5-1)41-32-42(37-18-6-2-7-19-37)34-43(33-41)38-28-30-44(31-29-38)51(47-25-13-11-23-45(47)39-20-8-3-9-21-39)48-26-14-12-24-46(48)50-35-40-22-10-15-27-49(40)52-50/h1-35H. The van der Waals surface area contributed by atoms with Crippen LogP contribution in [0.1, 0.15) is 0 Å². The fourth-order valence-corrected chi connectivity index (χ4v) is 7.12. The first-order valence-electron chi connectivity index (χ1n) is 17.7. The maximum Gasteiger partial charge on any atom is 0.137 e. The van der Waals surface area contributed by atoms with Gasteiger partial charge in [0.25, 0.3) is 0 Å². The first-order valence-corrected chi connectivity index (χ1v) is 17.7. The smallest absolute Gasteiger partial charge is 0.137 e. The highest BCUT2D eigenvalue weighted by molar-refractivity contribution is 5.95. The van der Waals surface area contributed by atoms with E-state index in [9.17, 15) is 0 Å². The van der Waals surface area contributed by atoms with E-state index in [2.05, 4.69) is 205 Å². The molecule has 1 aromatic heterocycles. The number of hydrogen-bond acceptors (Lipinski definition) is 2. The minimum Gasteiger partial charge on any atom is -0.456 e. The van der Waals surface area contributed by atoms with Gasteiger partial charge in [0.05, 0.1) is 11.4 Å². The van der Waals surface area contributed by atoms with Crippen molar-refractivity contribution < 1.29 is 4.42 Å². The van der Waals surface area contributed by atoms with Crippen LogP contribution in [0.5, 0.6) is 0 Å². The molecule has 0 unspecified atom stereocenters. The summed E-state index contributed by atoms with van der Waals surface area (Å²) in [5.41, 5.74) is 14.5. The Morgan fingerprint density at radius 3 is 1.33 bits per heavy atom. The van der Waals surface area contributed by atoms with Crippen molar-refractivity contribution in [3.63, 3.8) is 0 Å². The lowest BCUT2D eigenvalue weighted by Gasteiger charge is -2.29. The first-order chi connectivity index (χ1) is 25.8. The number of nitrogens with zero attached hydrogens (tertiary/aromatic N) is 1. The zero-order valence-electron chi connectivity index (χ0n) is 28.6. The Morgan fingerprint density at radius 1 is 0.308 bits per heavy atom. The van der Waals surface area contributed by atoms with Gasteiger partial charge in [0.15, 0.2) is 0 Å². The second-order valence-electron chi connectivity index (χ2n) is 13.0. The van der Waals surface area contributed by atoms with Gasteiger partial charge in [-0.25, -0.2) is 0 Å². The van der Waals surface area contributed by atoms with Gasteiger partial charge in [0.2, 0.25) is 0 Å². The zero-order valence-corrected chi connectivity index (χ0v) is 28.6. The summed E-state index contributed by atoms with van der Waals surface area (Å²) in [6.07, 6.45) is 0. The molecule has 2 heteroatoms. The molecule has 52 heavy (non-hydrogen) atoms. The van der Waals surface area contributed by atoms with Crippen LogP contribution in [0.15, 0.2) is 217 Å². The molecule has 0 saturated heterocycles. The highest BCUT2D eigenvalue weighted by atomic mass is 16.3. The third-order valence-electron chi connectivity index (χ3n) is 9.67. The third-order valence-corrected chi connectivity index (χ3v) is 9.67. The summed E-state index contributed by atoms with van der Waals surface area (Å²) in [6.45, 7) is 0. The zero-order chi connectivity index (χ0) is 34.7. The molecule has 0 aliphatic heterocycles. The van der Waals surface area contributed by atoms with Crippen molar-refractivity contribution in [3.05, 3.63) is 212 Å². The first kappa shape index (κ1) is 31.1. The summed E-state index contributed by atoms with van der Waals surface area (Å²) in [4.78, 5) is 2.37. The lowest BCUT2D eigenvalue weighted by Crippen LogP contribution is -2.12. The van der Waals surface area contributed by atoms with E-state index in [-0.39, 0.29) is 0 Å². The Morgan fingerprint density at radius 2 is 0.750 bits per heavy atom. The number of para-hydroxylation sites is 3. The second-order valence-corrected chi connectivity index (χ2v) is 13.0. The summed E-state index contributed by atoms with van der Waals surface area (Å²) >= 11 is 0. The average molecular weight is 666 g/mol. The van der Waals surface area contributed by atoms with E-state index in [0.717, 1.165) is 56.0 Å². The molecule has 0 aliphatic rings. The number of rotatable bonds is 8. The normalized spacial score (nSPS) is 11.1. The van der Waals surface area contributed by atoms with Gasteiger partial charge < -0.3 is 9.32 Å². The highest BCUT2D eigenvalue weighted by Crippen LogP contribution is 2.46. The Balaban J connectivity index is 1.20. The summed E-state index contributed by atoms with van der Waals surface area (Å²) in [5.74, 6) is 0.835. The van der Waals surface area contributed by atoms with Crippen LogP contribution in [0.4, 0.5) is 17.1 Å². The second kappa shape index (κ2) is 13.8. The molecule has 9 aromatic rings. The van der Waals surface area contributed by atoms with Gasteiger partial charge in [-0.2, -0.15) is 0 Å². The Bertz CT molecular complexity index is 2510. The largest absolute Gasteiger partial charge is 0.456 e. The van der Waals surface area contributed by atoms with Crippen LogP contribution in [0, 0.1) is 0 Å². The van der Waals surface area contributed by atoms with E-state index in [0.29, 0.717) is 0 Å². The molecule has 0 atom stereocenters. The number of anilines is 3. The molecule has 2 nitrogen and oxygen atoms in total. The molecule has 0 bridgehead atoms. The van der Waals surface area contributed by atoms with Gasteiger partial charge >= 0.3 is 0 Å². The topological polar surface area (TPSA) is 16.4 Å². The van der Waals surface area contributed by atoms with Crippen LogP contribution in [0.3, 0.4) is 0 Å². The Kier molecular flexibility index (Phi) is 8.24. The van der Waals surface area contributed by atoms with Gasteiger partial charge in [-0.1, -0.05) is 152 Å². The van der Waals surface area contributed by atoms with Crippen LogP contribution in [0.2, 0.25) is 0 Å². The van der Waals surface area contributed by atoms with Crippen molar-refractivity contribution in [2.45, 2.75) is 0 Å².